The van der Waals surface area contributed by atoms with Gasteiger partial charge in [-0.05, 0) is 0 Å². The fourth-order valence-electron chi connectivity index (χ4n) is 0. The molecule has 0 radical (unpaired) electrons. The van der Waals surface area contributed by atoms with Gasteiger partial charge in [0.1, 0.15) is 0 Å². The third-order valence-corrected chi connectivity index (χ3v) is 0. The molecule has 0 amide bonds. The van der Waals surface area contributed by atoms with Crippen LogP contribution in [0, 0.1) is 0 Å². The molecule has 0 aromatic carbocycles. The normalized spacial score (nSPS) is 5.83. The summed E-state index contributed by atoms with van der Waals surface area (Å²) >= 11 is -4.08. The van der Waals surface area contributed by atoms with Crippen LogP contribution in [-0.4, -0.2) is 15.3 Å². The van der Waals surface area contributed by atoms with Crippen LogP contribution in [0.5, 0.6) is 0 Å². The average molecular weight is 170 g/mol. The van der Waals surface area contributed by atoms with Crippen LogP contribution in [0.4, 0.5) is 0 Å². The summed E-state index contributed by atoms with van der Waals surface area (Å²) in [5, 5.41) is 0. The van der Waals surface area contributed by atoms with Gasteiger partial charge in [-0.25, -0.2) is 0 Å². The maximum atomic E-state index is 8.58. The summed E-state index contributed by atoms with van der Waals surface area (Å²) in [4.78, 5) is 0. The van der Waals surface area contributed by atoms with Gasteiger partial charge in [-0.15, -0.1) is 0 Å². The van der Waals surface area contributed by atoms with E-state index < -0.39 is 15.3 Å². The van der Waals surface area contributed by atoms with Crippen LogP contribution >= 0.6 is 0 Å². The van der Waals surface area contributed by atoms with Crippen molar-refractivity contribution in [2.45, 2.75) is 0 Å². The van der Waals surface area contributed by atoms with Crippen molar-refractivity contribution in [2.75, 3.05) is 0 Å². The molecule has 6 heavy (non-hydrogen) atoms. The first-order chi connectivity index (χ1) is 1.73. The van der Waals surface area contributed by atoms with E-state index >= 15 is 0 Å². The minimum absolute atomic E-state index is 0. The zero-order chi connectivity index (χ0) is 3.58. The first-order valence-corrected chi connectivity index (χ1v) is 3.18. The summed E-state index contributed by atoms with van der Waals surface area (Å²) < 4.78 is 25.8. The van der Waals surface area contributed by atoms with E-state index in [1.54, 1.807) is 0 Å². The SMILES string of the molecule is O=[AsH]([O-])[O-].[Na+].[Na+]. The van der Waals surface area contributed by atoms with E-state index in [9.17, 15) is 0 Å². The van der Waals surface area contributed by atoms with Crippen LogP contribution in [0.1, 0.15) is 0 Å². The topological polar surface area (TPSA) is 63.2 Å². The Kier molecular flexibility index (Phi) is 27.0. The quantitative estimate of drug-likeness (QED) is 0.339. The van der Waals surface area contributed by atoms with E-state index in [2.05, 4.69) is 0 Å². The van der Waals surface area contributed by atoms with E-state index in [1.165, 1.54) is 0 Å². The predicted octanol–water partition coefficient (Wildman–Crippen LogP) is -9.14. The standard InChI is InChI=1S/AsH3O3.2Na/c2-1(3)4;;/h1H,(H2,2,3,4);;/q;2*+1/p-2. The van der Waals surface area contributed by atoms with Crippen molar-refractivity contribution < 1.29 is 71.0 Å². The van der Waals surface area contributed by atoms with Crippen molar-refractivity contribution in [3.63, 3.8) is 0 Å². The smallest absolute Gasteiger partial charge is 1.00 e. The maximum absolute atomic E-state index is 8.58. The summed E-state index contributed by atoms with van der Waals surface area (Å²) in [7, 11) is 0. The molecule has 0 fully saturated rings. The molecule has 0 bridgehead atoms. The summed E-state index contributed by atoms with van der Waals surface area (Å²) in [6.45, 7) is 0. The summed E-state index contributed by atoms with van der Waals surface area (Å²) in [6, 6.07) is 0. The molecule has 0 aliphatic heterocycles. The van der Waals surface area contributed by atoms with Gasteiger partial charge in [0.15, 0.2) is 0 Å². The van der Waals surface area contributed by atoms with Crippen LogP contribution in [0.15, 0.2) is 0 Å². The molecular formula is HAsNa2O3. The molecule has 0 saturated heterocycles. The molecule has 26 valence electrons. The molecule has 6 heteroatoms. The molecule has 3 nitrogen and oxygen atoms in total. The molecule has 0 aliphatic rings. The number of hydrogen-bond donors (Lipinski definition) is 0. The second kappa shape index (κ2) is 10.3. The van der Waals surface area contributed by atoms with Crippen LogP contribution in [0.2, 0.25) is 0 Å². The van der Waals surface area contributed by atoms with Gasteiger partial charge in [-0.1, -0.05) is 0 Å². The molecule has 0 saturated carbocycles. The first-order valence-electron chi connectivity index (χ1n) is 0.612. The third kappa shape index (κ3) is 33.7. The van der Waals surface area contributed by atoms with Crippen molar-refractivity contribution in [1.82, 2.24) is 0 Å². The van der Waals surface area contributed by atoms with E-state index in [0.717, 1.165) is 0 Å². The molecule has 0 aliphatic carbocycles. The van der Waals surface area contributed by atoms with E-state index in [-0.39, 0.29) is 59.1 Å². The Balaban J connectivity index is -0.0000000450. The fraction of sp³-hybridized carbons (Fsp3) is 0. The molecule has 0 N–H and O–H groups in total. The van der Waals surface area contributed by atoms with Gasteiger partial charge in [0.2, 0.25) is 0 Å². The van der Waals surface area contributed by atoms with Crippen LogP contribution in [0.3, 0.4) is 0 Å². The van der Waals surface area contributed by atoms with Crippen LogP contribution in [-0.2, 0) is 3.74 Å². The summed E-state index contributed by atoms with van der Waals surface area (Å²) in [6.07, 6.45) is 0. The van der Waals surface area contributed by atoms with E-state index in [1.807, 2.05) is 0 Å². The van der Waals surface area contributed by atoms with Crippen molar-refractivity contribution in [3.05, 3.63) is 0 Å². The monoisotopic (exact) mass is 170 g/mol. The van der Waals surface area contributed by atoms with Crippen molar-refractivity contribution in [3.8, 4) is 0 Å². The number of hydrogen-bond acceptors (Lipinski definition) is 3. The zero-order valence-electron chi connectivity index (χ0n) is 3.72. The Morgan fingerprint density at radius 2 is 1.17 bits per heavy atom. The van der Waals surface area contributed by atoms with Gasteiger partial charge in [0, 0.05) is 0 Å². The fourth-order valence-corrected chi connectivity index (χ4v) is 0. The molecule has 0 spiro atoms. The van der Waals surface area contributed by atoms with Gasteiger partial charge in [0.25, 0.3) is 0 Å². The van der Waals surface area contributed by atoms with E-state index in [4.69, 9.17) is 11.9 Å². The van der Waals surface area contributed by atoms with E-state index in [0.29, 0.717) is 0 Å². The Morgan fingerprint density at radius 3 is 1.17 bits per heavy atom. The Bertz CT molecular complexity index is 31.8. The molecule has 0 aromatic heterocycles. The molecule has 0 rings (SSSR count). The summed E-state index contributed by atoms with van der Waals surface area (Å²) in [5.74, 6) is 0. The zero-order valence-corrected chi connectivity index (χ0v) is 9.82. The predicted molar refractivity (Wildman–Crippen MR) is 7.84 cm³/mol. The van der Waals surface area contributed by atoms with Gasteiger partial charge in [-0.2, -0.15) is 0 Å². The largest absolute Gasteiger partial charge is 1.00 e. The van der Waals surface area contributed by atoms with Crippen molar-refractivity contribution in [2.24, 2.45) is 0 Å². The molecular weight excluding hydrogens is 169 g/mol. The Hall–Kier alpha value is 2.28. The first kappa shape index (κ1) is 15.7. The molecule has 0 unspecified atom stereocenters. The van der Waals surface area contributed by atoms with Crippen molar-refractivity contribution in [1.29, 1.82) is 0 Å². The second-order valence-electron chi connectivity index (χ2n) is 0.250. The van der Waals surface area contributed by atoms with Gasteiger partial charge in [0.05, 0.1) is 0 Å². The summed E-state index contributed by atoms with van der Waals surface area (Å²) in [5.41, 5.74) is 0. The Morgan fingerprint density at radius 1 is 1.17 bits per heavy atom. The van der Waals surface area contributed by atoms with Gasteiger partial charge < -0.3 is 0 Å². The Labute approximate surface area is 84.9 Å². The number of rotatable bonds is 0. The van der Waals surface area contributed by atoms with Crippen LogP contribution < -0.4 is 67.3 Å². The average Bonchev–Trinajstić information content (AvgIpc) is 0.811. The molecule has 0 atom stereocenters. The molecule has 0 aromatic rings. The second-order valence-corrected chi connectivity index (χ2v) is 1.30. The molecule has 0 heterocycles. The maximum Gasteiger partial charge on any atom is 1.00 e. The van der Waals surface area contributed by atoms with Gasteiger partial charge >= 0.3 is 86.3 Å². The third-order valence-electron chi connectivity index (χ3n) is 0. The minimum Gasteiger partial charge on any atom is 1.00 e. The van der Waals surface area contributed by atoms with Gasteiger partial charge in [-0.3, -0.25) is 0 Å². The minimum atomic E-state index is -4.08. The van der Waals surface area contributed by atoms with Crippen molar-refractivity contribution >= 4 is 15.3 Å². The van der Waals surface area contributed by atoms with Crippen LogP contribution in [0.25, 0.3) is 0 Å².